The Morgan fingerprint density at radius 1 is 1.29 bits per heavy atom. The Bertz CT molecular complexity index is 529. The molecule has 0 unspecified atom stereocenters. The summed E-state index contributed by atoms with van der Waals surface area (Å²) in [7, 11) is 1.66. The molecule has 2 N–H and O–H groups in total. The zero-order chi connectivity index (χ0) is 14.7. The van der Waals surface area contributed by atoms with Crippen LogP contribution in [0.15, 0.2) is 29.4 Å². The maximum Gasteiger partial charge on any atom is 0.187 e. The van der Waals surface area contributed by atoms with Gasteiger partial charge in [0.05, 0.1) is 13.3 Å². The molecule has 2 aliphatic carbocycles. The van der Waals surface area contributed by atoms with E-state index in [1.807, 2.05) is 24.3 Å². The van der Waals surface area contributed by atoms with Gasteiger partial charge in [-0.05, 0) is 73.1 Å². The minimum atomic E-state index is 0.542. The number of benzene rings is 1. The molecule has 0 radical (unpaired) electrons. The smallest absolute Gasteiger partial charge is 0.187 e. The summed E-state index contributed by atoms with van der Waals surface area (Å²) < 4.78 is 5.12. The van der Waals surface area contributed by atoms with Gasteiger partial charge < -0.3 is 10.1 Å². The van der Waals surface area contributed by atoms with E-state index >= 15 is 0 Å². The van der Waals surface area contributed by atoms with Crippen LogP contribution >= 0.6 is 12.2 Å². The standard InChI is InChI=1S/C16H21N3OS/c1-20-14-6-3-11(4-7-14)10-17-19-16(21)18-15-9-12-2-5-13(15)8-12/h3-4,6-7,10,12-13,15H,2,5,8-9H2,1H3,(H2,18,19,21)/b17-10-/t12-,13-,15-/m0/s1. The maximum atomic E-state index is 5.31. The second kappa shape index (κ2) is 6.43. The van der Waals surface area contributed by atoms with E-state index in [0.717, 1.165) is 23.1 Å². The summed E-state index contributed by atoms with van der Waals surface area (Å²) in [5, 5.41) is 8.21. The summed E-state index contributed by atoms with van der Waals surface area (Å²) in [5.41, 5.74) is 3.91. The number of hydrogen-bond acceptors (Lipinski definition) is 3. The Labute approximate surface area is 131 Å². The molecular weight excluding hydrogens is 282 g/mol. The Morgan fingerprint density at radius 3 is 2.71 bits per heavy atom. The fourth-order valence-electron chi connectivity index (χ4n) is 3.48. The van der Waals surface area contributed by atoms with Crippen LogP contribution in [-0.2, 0) is 0 Å². The minimum absolute atomic E-state index is 0.542. The normalized spacial score (nSPS) is 27.0. The first-order valence-electron chi connectivity index (χ1n) is 7.48. The monoisotopic (exact) mass is 303 g/mol. The van der Waals surface area contributed by atoms with E-state index in [1.165, 1.54) is 25.7 Å². The number of nitrogens with one attached hydrogen (secondary N) is 2. The number of ether oxygens (including phenoxy) is 1. The van der Waals surface area contributed by atoms with Crippen molar-refractivity contribution in [2.75, 3.05) is 7.11 Å². The van der Waals surface area contributed by atoms with Crippen LogP contribution in [0, 0.1) is 11.8 Å². The van der Waals surface area contributed by atoms with Crippen molar-refractivity contribution in [2.45, 2.75) is 31.7 Å². The molecule has 0 aliphatic heterocycles. The van der Waals surface area contributed by atoms with E-state index in [2.05, 4.69) is 15.8 Å². The molecule has 112 valence electrons. The quantitative estimate of drug-likeness (QED) is 0.510. The first-order valence-corrected chi connectivity index (χ1v) is 7.89. The fraction of sp³-hybridized carbons (Fsp3) is 0.500. The van der Waals surface area contributed by atoms with Crippen LogP contribution in [0.3, 0.4) is 0 Å². The van der Waals surface area contributed by atoms with Gasteiger partial charge in [0, 0.05) is 6.04 Å². The minimum Gasteiger partial charge on any atom is -0.497 e. The van der Waals surface area contributed by atoms with E-state index in [9.17, 15) is 0 Å². The predicted octanol–water partition coefficient (Wildman–Crippen LogP) is 2.68. The maximum absolute atomic E-state index is 5.31. The van der Waals surface area contributed by atoms with E-state index in [4.69, 9.17) is 17.0 Å². The summed E-state index contributed by atoms with van der Waals surface area (Å²) in [6.45, 7) is 0. The van der Waals surface area contributed by atoms with Crippen LogP contribution in [-0.4, -0.2) is 24.5 Å². The van der Waals surface area contributed by atoms with Crippen molar-refractivity contribution in [3.8, 4) is 5.75 Å². The molecule has 1 aromatic carbocycles. The molecule has 4 nitrogen and oxygen atoms in total. The Hall–Kier alpha value is -1.62. The van der Waals surface area contributed by atoms with Gasteiger partial charge in [-0.3, -0.25) is 5.43 Å². The van der Waals surface area contributed by atoms with Crippen molar-refractivity contribution < 1.29 is 4.74 Å². The summed E-state index contributed by atoms with van der Waals surface area (Å²) in [4.78, 5) is 0. The topological polar surface area (TPSA) is 45.6 Å². The Morgan fingerprint density at radius 2 is 2.10 bits per heavy atom. The Kier molecular flexibility index (Phi) is 4.39. The number of nitrogens with zero attached hydrogens (tertiary/aromatic N) is 1. The van der Waals surface area contributed by atoms with Crippen molar-refractivity contribution in [2.24, 2.45) is 16.9 Å². The van der Waals surface area contributed by atoms with Crippen LogP contribution in [0.4, 0.5) is 0 Å². The summed E-state index contributed by atoms with van der Waals surface area (Å²) >= 11 is 5.31. The lowest BCUT2D eigenvalue weighted by Crippen LogP contribution is -2.42. The van der Waals surface area contributed by atoms with Crippen molar-refractivity contribution in [1.29, 1.82) is 0 Å². The van der Waals surface area contributed by atoms with Crippen LogP contribution < -0.4 is 15.5 Å². The third-order valence-electron chi connectivity index (χ3n) is 4.55. The van der Waals surface area contributed by atoms with Gasteiger partial charge in [0.15, 0.2) is 5.11 Å². The molecule has 0 amide bonds. The van der Waals surface area contributed by atoms with Gasteiger partial charge >= 0.3 is 0 Å². The van der Waals surface area contributed by atoms with E-state index in [-0.39, 0.29) is 0 Å². The van der Waals surface area contributed by atoms with Crippen LogP contribution in [0.5, 0.6) is 5.75 Å². The molecule has 2 aliphatic rings. The number of methoxy groups -OCH3 is 1. The van der Waals surface area contributed by atoms with Crippen LogP contribution in [0.1, 0.15) is 31.2 Å². The molecule has 5 heteroatoms. The van der Waals surface area contributed by atoms with E-state index in [0.29, 0.717) is 11.2 Å². The van der Waals surface area contributed by atoms with E-state index < -0.39 is 0 Å². The molecular formula is C16H21N3OS. The number of thiocarbonyl (C=S) groups is 1. The first-order chi connectivity index (χ1) is 10.2. The van der Waals surface area contributed by atoms with Crippen LogP contribution in [0.25, 0.3) is 0 Å². The van der Waals surface area contributed by atoms with Gasteiger partial charge in [0.1, 0.15) is 5.75 Å². The second-order valence-corrected chi connectivity index (χ2v) is 6.31. The molecule has 3 rings (SSSR count). The number of fused-ring (bicyclic) bond motifs is 2. The highest BCUT2D eigenvalue weighted by Crippen LogP contribution is 2.44. The van der Waals surface area contributed by atoms with Crippen molar-refractivity contribution in [1.82, 2.24) is 10.7 Å². The lowest BCUT2D eigenvalue weighted by molar-refractivity contribution is 0.389. The second-order valence-electron chi connectivity index (χ2n) is 5.90. The average Bonchev–Trinajstić information content (AvgIpc) is 3.10. The molecule has 0 spiro atoms. The van der Waals surface area contributed by atoms with Gasteiger partial charge in [-0.15, -0.1) is 0 Å². The molecule has 0 aromatic heterocycles. The third kappa shape index (κ3) is 3.53. The Balaban J connectivity index is 1.45. The molecule has 21 heavy (non-hydrogen) atoms. The molecule has 2 fully saturated rings. The van der Waals surface area contributed by atoms with Gasteiger partial charge in [-0.1, -0.05) is 6.42 Å². The lowest BCUT2D eigenvalue weighted by Gasteiger charge is -2.23. The molecule has 2 bridgehead atoms. The number of hydrogen-bond donors (Lipinski definition) is 2. The summed E-state index contributed by atoms with van der Waals surface area (Å²) in [6, 6.07) is 8.27. The largest absolute Gasteiger partial charge is 0.497 e. The summed E-state index contributed by atoms with van der Waals surface area (Å²) in [6.07, 6.45) is 7.14. The average molecular weight is 303 g/mol. The zero-order valence-electron chi connectivity index (χ0n) is 12.2. The molecule has 0 heterocycles. The predicted molar refractivity (Wildman–Crippen MR) is 88.7 cm³/mol. The summed E-state index contributed by atoms with van der Waals surface area (Å²) in [5.74, 6) is 2.56. The van der Waals surface area contributed by atoms with Gasteiger partial charge in [0.2, 0.25) is 0 Å². The first kappa shape index (κ1) is 14.3. The third-order valence-corrected chi connectivity index (χ3v) is 4.76. The number of rotatable bonds is 4. The highest BCUT2D eigenvalue weighted by atomic mass is 32.1. The van der Waals surface area contributed by atoms with E-state index in [1.54, 1.807) is 13.3 Å². The highest BCUT2D eigenvalue weighted by molar-refractivity contribution is 7.80. The van der Waals surface area contributed by atoms with Crippen molar-refractivity contribution in [3.63, 3.8) is 0 Å². The SMILES string of the molecule is COc1ccc(/C=N\NC(=S)N[C@H]2C[C@H]3CC[C@H]2C3)cc1. The molecule has 3 atom stereocenters. The van der Waals surface area contributed by atoms with Crippen LogP contribution in [0.2, 0.25) is 0 Å². The number of hydrazone groups is 1. The van der Waals surface area contributed by atoms with Gasteiger partial charge in [0.25, 0.3) is 0 Å². The van der Waals surface area contributed by atoms with Crippen molar-refractivity contribution >= 4 is 23.5 Å². The van der Waals surface area contributed by atoms with Gasteiger partial charge in [-0.2, -0.15) is 5.10 Å². The molecule has 0 saturated heterocycles. The lowest BCUT2D eigenvalue weighted by atomic mass is 9.96. The van der Waals surface area contributed by atoms with Crippen molar-refractivity contribution in [3.05, 3.63) is 29.8 Å². The van der Waals surface area contributed by atoms with Gasteiger partial charge in [-0.25, -0.2) is 0 Å². The zero-order valence-corrected chi connectivity index (χ0v) is 13.0. The molecule has 1 aromatic rings. The molecule has 2 saturated carbocycles. The fourth-order valence-corrected chi connectivity index (χ4v) is 3.68. The highest BCUT2D eigenvalue weighted by Gasteiger charge is 2.39.